The zero-order valence-electron chi connectivity index (χ0n) is 11.8. The molecule has 6 nitrogen and oxygen atoms in total. The molecule has 0 saturated carbocycles. The molecule has 1 amide bonds. The molecule has 1 rings (SSSR count). The minimum absolute atomic E-state index is 0.0425. The average molecular weight is 294 g/mol. The maximum Gasteiger partial charge on any atom is 0.269 e. The SMILES string of the molecule is CCc1nc(SCC(=O)NC(C)CC)[nH]c(=O)c1C#N. The number of nitriles is 1. The third-order valence-electron chi connectivity index (χ3n) is 2.78. The van der Waals surface area contributed by atoms with E-state index in [4.69, 9.17) is 5.26 Å². The number of hydrogen-bond acceptors (Lipinski definition) is 5. The maximum absolute atomic E-state index is 11.7. The Bertz CT molecular complexity index is 577. The van der Waals surface area contributed by atoms with E-state index in [2.05, 4.69) is 15.3 Å². The summed E-state index contributed by atoms with van der Waals surface area (Å²) in [6, 6.07) is 1.97. The summed E-state index contributed by atoms with van der Waals surface area (Å²) in [6.07, 6.45) is 1.36. The Hall–Kier alpha value is -1.81. The molecule has 1 atom stereocenters. The van der Waals surface area contributed by atoms with Crippen LogP contribution < -0.4 is 10.9 Å². The molecule has 0 aliphatic carbocycles. The van der Waals surface area contributed by atoms with Gasteiger partial charge in [0.2, 0.25) is 5.91 Å². The van der Waals surface area contributed by atoms with Crippen molar-refractivity contribution in [2.24, 2.45) is 0 Å². The Morgan fingerprint density at radius 3 is 2.80 bits per heavy atom. The number of amides is 1. The Balaban J connectivity index is 2.75. The smallest absolute Gasteiger partial charge is 0.269 e. The van der Waals surface area contributed by atoms with Crippen molar-refractivity contribution in [2.75, 3.05) is 5.75 Å². The second-order valence-corrected chi connectivity index (χ2v) is 5.29. The van der Waals surface area contributed by atoms with E-state index >= 15 is 0 Å². The fraction of sp³-hybridized carbons (Fsp3) is 0.538. The fourth-order valence-electron chi connectivity index (χ4n) is 1.49. The summed E-state index contributed by atoms with van der Waals surface area (Å²) >= 11 is 1.16. The van der Waals surface area contributed by atoms with Crippen molar-refractivity contribution in [1.29, 1.82) is 5.26 Å². The predicted molar refractivity (Wildman–Crippen MR) is 77.6 cm³/mol. The normalized spacial score (nSPS) is 11.7. The fourth-order valence-corrected chi connectivity index (χ4v) is 2.18. The van der Waals surface area contributed by atoms with Gasteiger partial charge in [-0.25, -0.2) is 4.98 Å². The number of rotatable bonds is 6. The summed E-state index contributed by atoms with van der Waals surface area (Å²) in [4.78, 5) is 30.0. The van der Waals surface area contributed by atoms with Crippen LogP contribution in [-0.4, -0.2) is 27.7 Å². The predicted octanol–water partition coefficient (Wildman–Crippen LogP) is 1.21. The molecule has 20 heavy (non-hydrogen) atoms. The second-order valence-electron chi connectivity index (χ2n) is 4.32. The van der Waals surface area contributed by atoms with Crippen molar-refractivity contribution in [3.8, 4) is 6.07 Å². The molecular weight excluding hydrogens is 276 g/mol. The summed E-state index contributed by atoms with van der Waals surface area (Å²) in [5.41, 5.74) is 0.0474. The van der Waals surface area contributed by atoms with E-state index < -0.39 is 5.56 Å². The van der Waals surface area contributed by atoms with Gasteiger partial charge in [0.1, 0.15) is 11.6 Å². The van der Waals surface area contributed by atoms with Crippen LogP contribution in [0.25, 0.3) is 0 Å². The molecule has 1 unspecified atom stereocenters. The van der Waals surface area contributed by atoms with Crippen LogP contribution in [0.15, 0.2) is 9.95 Å². The standard InChI is InChI=1S/C13H18N4O2S/c1-4-8(3)15-11(18)7-20-13-16-10(5-2)9(6-14)12(19)17-13/h8H,4-5,7H2,1-3H3,(H,15,18)(H,16,17,19). The van der Waals surface area contributed by atoms with Crippen LogP contribution in [-0.2, 0) is 11.2 Å². The minimum Gasteiger partial charge on any atom is -0.353 e. The first-order valence-electron chi connectivity index (χ1n) is 6.47. The Kier molecular flexibility index (Phi) is 6.25. The van der Waals surface area contributed by atoms with E-state index in [0.717, 1.165) is 18.2 Å². The number of nitrogens with zero attached hydrogens (tertiary/aromatic N) is 2. The van der Waals surface area contributed by atoms with Crippen LogP contribution in [0.5, 0.6) is 0 Å². The highest BCUT2D eigenvalue weighted by molar-refractivity contribution is 7.99. The second kappa shape index (κ2) is 7.70. The van der Waals surface area contributed by atoms with Crippen LogP contribution in [0.4, 0.5) is 0 Å². The first-order valence-corrected chi connectivity index (χ1v) is 7.45. The van der Waals surface area contributed by atoms with Crippen LogP contribution in [0.1, 0.15) is 38.4 Å². The van der Waals surface area contributed by atoms with E-state index in [9.17, 15) is 9.59 Å². The van der Waals surface area contributed by atoms with Gasteiger partial charge in [-0.3, -0.25) is 9.59 Å². The van der Waals surface area contributed by atoms with Gasteiger partial charge in [-0.1, -0.05) is 25.6 Å². The molecule has 7 heteroatoms. The van der Waals surface area contributed by atoms with Crippen molar-refractivity contribution in [1.82, 2.24) is 15.3 Å². The molecule has 1 aromatic rings. The molecule has 0 spiro atoms. The lowest BCUT2D eigenvalue weighted by atomic mass is 10.2. The molecule has 1 heterocycles. The first kappa shape index (κ1) is 16.2. The van der Waals surface area contributed by atoms with Gasteiger partial charge < -0.3 is 10.3 Å². The Labute approximate surface area is 122 Å². The van der Waals surface area contributed by atoms with E-state index in [1.165, 1.54) is 0 Å². The van der Waals surface area contributed by atoms with Gasteiger partial charge in [0.05, 0.1) is 11.4 Å². The van der Waals surface area contributed by atoms with Crippen molar-refractivity contribution in [3.05, 3.63) is 21.6 Å². The Morgan fingerprint density at radius 2 is 2.25 bits per heavy atom. The largest absolute Gasteiger partial charge is 0.353 e. The van der Waals surface area contributed by atoms with Crippen LogP contribution in [0.3, 0.4) is 0 Å². The van der Waals surface area contributed by atoms with Crippen molar-refractivity contribution >= 4 is 17.7 Å². The lowest BCUT2D eigenvalue weighted by Gasteiger charge is -2.10. The number of aromatic amines is 1. The van der Waals surface area contributed by atoms with Crippen molar-refractivity contribution < 1.29 is 4.79 Å². The van der Waals surface area contributed by atoms with Gasteiger partial charge >= 0.3 is 0 Å². The molecule has 0 aliphatic heterocycles. The molecule has 0 saturated heterocycles. The van der Waals surface area contributed by atoms with Gasteiger partial charge in [0.25, 0.3) is 5.56 Å². The lowest BCUT2D eigenvalue weighted by molar-refractivity contribution is -0.119. The van der Waals surface area contributed by atoms with Gasteiger partial charge in [0, 0.05) is 6.04 Å². The molecule has 108 valence electrons. The highest BCUT2D eigenvalue weighted by Crippen LogP contribution is 2.12. The summed E-state index contributed by atoms with van der Waals surface area (Å²) in [5, 5.41) is 12.1. The molecular formula is C13H18N4O2S. The number of thioether (sulfide) groups is 1. The van der Waals surface area contributed by atoms with Crippen LogP contribution in [0.2, 0.25) is 0 Å². The molecule has 0 aliphatic rings. The molecule has 0 fully saturated rings. The monoisotopic (exact) mass is 294 g/mol. The van der Waals surface area contributed by atoms with E-state index in [1.807, 2.05) is 26.8 Å². The number of aromatic nitrogens is 2. The third kappa shape index (κ3) is 4.38. The number of nitrogens with one attached hydrogen (secondary N) is 2. The number of aryl methyl sites for hydroxylation is 1. The number of carbonyl (C=O) groups is 1. The highest BCUT2D eigenvalue weighted by atomic mass is 32.2. The van der Waals surface area contributed by atoms with E-state index in [-0.39, 0.29) is 23.3 Å². The number of H-pyrrole nitrogens is 1. The lowest BCUT2D eigenvalue weighted by Crippen LogP contribution is -2.33. The average Bonchev–Trinajstić information content (AvgIpc) is 2.44. The Morgan fingerprint density at radius 1 is 1.55 bits per heavy atom. The van der Waals surface area contributed by atoms with Crippen LogP contribution >= 0.6 is 11.8 Å². The topological polar surface area (TPSA) is 98.6 Å². The molecule has 0 aromatic carbocycles. The third-order valence-corrected chi connectivity index (χ3v) is 3.65. The zero-order valence-corrected chi connectivity index (χ0v) is 12.6. The van der Waals surface area contributed by atoms with Gasteiger partial charge in [0.15, 0.2) is 5.16 Å². The molecule has 0 bridgehead atoms. The van der Waals surface area contributed by atoms with Gasteiger partial charge in [-0.15, -0.1) is 0 Å². The van der Waals surface area contributed by atoms with Crippen molar-refractivity contribution in [3.63, 3.8) is 0 Å². The summed E-state index contributed by atoms with van der Waals surface area (Å²) in [5.74, 6) is 0.0805. The van der Waals surface area contributed by atoms with Crippen LogP contribution in [0, 0.1) is 11.3 Å². The zero-order chi connectivity index (χ0) is 15.1. The maximum atomic E-state index is 11.7. The summed E-state index contributed by atoms with van der Waals surface area (Å²) in [7, 11) is 0. The van der Waals surface area contributed by atoms with E-state index in [0.29, 0.717) is 17.3 Å². The van der Waals surface area contributed by atoms with Gasteiger partial charge in [-0.05, 0) is 19.8 Å². The molecule has 2 N–H and O–H groups in total. The summed E-state index contributed by atoms with van der Waals surface area (Å²) in [6.45, 7) is 5.75. The minimum atomic E-state index is -0.454. The summed E-state index contributed by atoms with van der Waals surface area (Å²) < 4.78 is 0. The molecule has 1 aromatic heterocycles. The van der Waals surface area contributed by atoms with E-state index in [1.54, 1.807) is 0 Å². The first-order chi connectivity index (χ1) is 9.51. The van der Waals surface area contributed by atoms with Crippen molar-refractivity contribution in [2.45, 2.75) is 44.8 Å². The van der Waals surface area contributed by atoms with Gasteiger partial charge in [-0.2, -0.15) is 5.26 Å². The quantitative estimate of drug-likeness (QED) is 0.607. The molecule has 0 radical (unpaired) electrons. The highest BCUT2D eigenvalue weighted by Gasteiger charge is 2.12. The number of carbonyl (C=O) groups excluding carboxylic acids is 1. The number of hydrogen-bond donors (Lipinski definition) is 2.